The minimum absolute atomic E-state index is 0.0905. The minimum Gasteiger partial charge on any atom is -0.468 e. The molecular formula is C15H20N2O2. The topological polar surface area (TPSA) is 41.6 Å². The van der Waals surface area contributed by atoms with Gasteiger partial charge < -0.3 is 10.1 Å². The SMILES string of the molecule is COC(=O)C1CC2(CNC2)CN1Cc1ccccc1. The number of carbonyl (C=O) groups is 1. The molecule has 0 aliphatic carbocycles. The number of nitrogens with one attached hydrogen (secondary N) is 1. The Balaban J connectivity index is 1.75. The fraction of sp³-hybridized carbons (Fsp3) is 0.533. The molecule has 0 saturated carbocycles. The number of esters is 1. The third-order valence-corrected chi connectivity index (χ3v) is 4.31. The van der Waals surface area contributed by atoms with Crippen LogP contribution < -0.4 is 5.32 Å². The summed E-state index contributed by atoms with van der Waals surface area (Å²) in [7, 11) is 1.48. The van der Waals surface area contributed by atoms with Crippen molar-refractivity contribution >= 4 is 5.97 Å². The lowest BCUT2D eigenvalue weighted by atomic mass is 9.80. The van der Waals surface area contributed by atoms with Gasteiger partial charge in [0.1, 0.15) is 6.04 Å². The fourth-order valence-electron chi connectivity index (χ4n) is 3.23. The predicted octanol–water partition coefficient (Wildman–Crippen LogP) is 1.02. The van der Waals surface area contributed by atoms with E-state index in [1.807, 2.05) is 18.2 Å². The average Bonchev–Trinajstić information content (AvgIpc) is 2.79. The van der Waals surface area contributed by atoms with Crippen LogP contribution in [0.2, 0.25) is 0 Å². The van der Waals surface area contributed by atoms with Crippen molar-refractivity contribution in [2.45, 2.75) is 19.0 Å². The first-order valence-corrected chi connectivity index (χ1v) is 6.79. The molecule has 4 nitrogen and oxygen atoms in total. The Labute approximate surface area is 113 Å². The summed E-state index contributed by atoms with van der Waals surface area (Å²) in [6.45, 7) is 3.84. The molecule has 2 fully saturated rings. The van der Waals surface area contributed by atoms with E-state index in [1.54, 1.807) is 0 Å². The van der Waals surface area contributed by atoms with Crippen LogP contribution in [0.1, 0.15) is 12.0 Å². The fourth-order valence-corrected chi connectivity index (χ4v) is 3.23. The number of likely N-dealkylation sites (tertiary alicyclic amines) is 1. The van der Waals surface area contributed by atoms with Crippen molar-refractivity contribution in [1.29, 1.82) is 0 Å². The van der Waals surface area contributed by atoms with Gasteiger partial charge in [0.05, 0.1) is 7.11 Å². The van der Waals surface area contributed by atoms with Gasteiger partial charge in [0, 0.05) is 31.6 Å². The summed E-state index contributed by atoms with van der Waals surface area (Å²) in [6.07, 6.45) is 0.916. The lowest BCUT2D eigenvalue weighted by Gasteiger charge is -2.39. The highest BCUT2D eigenvalue weighted by atomic mass is 16.5. The lowest BCUT2D eigenvalue weighted by molar-refractivity contribution is -0.146. The number of methoxy groups -OCH3 is 1. The molecule has 0 bridgehead atoms. The van der Waals surface area contributed by atoms with Gasteiger partial charge in [-0.05, 0) is 12.0 Å². The van der Waals surface area contributed by atoms with Gasteiger partial charge in [0.15, 0.2) is 0 Å². The maximum atomic E-state index is 12.0. The molecule has 0 aromatic heterocycles. The van der Waals surface area contributed by atoms with Crippen LogP contribution in [0.3, 0.4) is 0 Å². The van der Waals surface area contributed by atoms with Crippen molar-refractivity contribution in [3.63, 3.8) is 0 Å². The molecule has 0 amide bonds. The van der Waals surface area contributed by atoms with Crippen LogP contribution in [0.4, 0.5) is 0 Å². The van der Waals surface area contributed by atoms with Crippen LogP contribution in [0, 0.1) is 5.41 Å². The molecule has 1 spiro atoms. The van der Waals surface area contributed by atoms with Gasteiger partial charge >= 0.3 is 5.97 Å². The van der Waals surface area contributed by atoms with Gasteiger partial charge in [-0.1, -0.05) is 30.3 Å². The lowest BCUT2D eigenvalue weighted by Crippen LogP contribution is -2.54. The molecule has 1 aromatic rings. The van der Waals surface area contributed by atoms with Crippen LogP contribution >= 0.6 is 0 Å². The number of benzene rings is 1. The second kappa shape index (κ2) is 4.94. The Morgan fingerprint density at radius 3 is 2.74 bits per heavy atom. The number of hydrogen-bond acceptors (Lipinski definition) is 4. The Hall–Kier alpha value is -1.39. The van der Waals surface area contributed by atoms with Crippen molar-refractivity contribution in [2.75, 3.05) is 26.7 Å². The number of carbonyl (C=O) groups excluding carboxylic acids is 1. The van der Waals surface area contributed by atoms with Gasteiger partial charge in [-0.15, -0.1) is 0 Å². The maximum absolute atomic E-state index is 12.0. The van der Waals surface area contributed by atoms with Crippen molar-refractivity contribution in [2.24, 2.45) is 5.41 Å². The van der Waals surface area contributed by atoms with Gasteiger partial charge in [0.25, 0.3) is 0 Å². The molecule has 3 rings (SSSR count). The Bertz CT molecular complexity index is 456. The molecule has 102 valence electrons. The average molecular weight is 260 g/mol. The highest BCUT2D eigenvalue weighted by Gasteiger charge is 2.50. The quantitative estimate of drug-likeness (QED) is 0.824. The molecule has 2 heterocycles. The van der Waals surface area contributed by atoms with Crippen LogP contribution in [0.15, 0.2) is 30.3 Å². The minimum atomic E-state index is -0.0975. The summed E-state index contributed by atoms with van der Waals surface area (Å²) in [5.41, 5.74) is 1.54. The van der Waals surface area contributed by atoms with Crippen LogP contribution in [0.5, 0.6) is 0 Å². The van der Waals surface area contributed by atoms with E-state index in [9.17, 15) is 4.79 Å². The molecular weight excluding hydrogens is 240 g/mol. The Morgan fingerprint density at radius 2 is 2.16 bits per heavy atom. The zero-order valence-electron chi connectivity index (χ0n) is 11.3. The number of nitrogens with zero attached hydrogens (tertiary/aromatic N) is 1. The van der Waals surface area contributed by atoms with E-state index >= 15 is 0 Å². The van der Waals surface area contributed by atoms with Gasteiger partial charge in [0.2, 0.25) is 0 Å². The van der Waals surface area contributed by atoms with Gasteiger partial charge in [-0.2, -0.15) is 0 Å². The highest BCUT2D eigenvalue weighted by Crippen LogP contribution is 2.39. The van der Waals surface area contributed by atoms with Crippen molar-refractivity contribution < 1.29 is 9.53 Å². The molecule has 0 radical (unpaired) electrons. The third kappa shape index (κ3) is 2.38. The largest absolute Gasteiger partial charge is 0.468 e. The van der Waals surface area contributed by atoms with E-state index in [0.717, 1.165) is 32.6 Å². The summed E-state index contributed by atoms with van der Waals surface area (Å²) in [6, 6.07) is 10.2. The van der Waals surface area contributed by atoms with Crippen LogP contribution in [-0.4, -0.2) is 43.7 Å². The summed E-state index contributed by atoms with van der Waals surface area (Å²) in [4.78, 5) is 14.2. The first kappa shape index (κ1) is 12.6. The predicted molar refractivity (Wildman–Crippen MR) is 72.6 cm³/mol. The van der Waals surface area contributed by atoms with Crippen molar-refractivity contribution in [1.82, 2.24) is 10.2 Å². The molecule has 19 heavy (non-hydrogen) atoms. The Kier molecular flexibility index (Phi) is 3.29. The van der Waals surface area contributed by atoms with Crippen LogP contribution in [0.25, 0.3) is 0 Å². The molecule has 2 aliphatic heterocycles. The Morgan fingerprint density at radius 1 is 1.42 bits per heavy atom. The van der Waals surface area contributed by atoms with Gasteiger partial charge in [-0.3, -0.25) is 9.69 Å². The number of rotatable bonds is 3. The summed E-state index contributed by atoms with van der Waals surface area (Å²) < 4.78 is 4.96. The first-order valence-electron chi connectivity index (χ1n) is 6.79. The number of ether oxygens (including phenoxy) is 1. The van der Waals surface area contributed by atoms with E-state index < -0.39 is 0 Å². The van der Waals surface area contributed by atoms with E-state index in [1.165, 1.54) is 12.7 Å². The maximum Gasteiger partial charge on any atom is 0.323 e. The van der Waals surface area contributed by atoms with Gasteiger partial charge in [-0.25, -0.2) is 0 Å². The van der Waals surface area contributed by atoms with Crippen molar-refractivity contribution in [3.05, 3.63) is 35.9 Å². The molecule has 1 aromatic carbocycles. The second-order valence-corrected chi connectivity index (χ2v) is 5.74. The standard InChI is InChI=1S/C15H20N2O2/c1-19-14(18)13-7-15(9-16-10-15)11-17(13)8-12-5-3-2-4-6-12/h2-6,13,16H,7-11H2,1H3. The molecule has 4 heteroatoms. The van der Waals surface area contributed by atoms with Crippen molar-refractivity contribution in [3.8, 4) is 0 Å². The molecule has 2 aliphatic rings. The molecule has 2 saturated heterocycles. The summed E-state index contributed by atoms with van der Waals surface area (Å²) >= 11 is 0. The second-order valence-electron chi connectivity index (χ2n) is 5.74. The number of hydrogen-bond donors (Lipinski definition) is 1. The molecule has 1 atom stereocenters. The zero-order chi connectivity index (χ0) is 13.3. The monoisotopic (exact) mass is 260 g/mol. The van der Waals surface area contributed by atoms with E-state index in [4.69, 9.17) is 4.74 Å². The molecule has 1 unspecified atom stereocenters. The first-order chi connectivity index (χ1) is 9.22. The van der Waals surface area contributed by atoms with Crippen LogP contribution in [-0.2, 0) is 16.1 Å². The van der Waals surface area contributed by atoms with E-state index in [2.05, 4.69) is 22.3 Å². The van der Waals surface area contributed by atoms with E-state index in [0.29, 0.717) is 0 Å². The third-order valence-electron chi connectivity index (χ3n) is 4.31. The smallest absolute Gasteiger partial charge is 0.323 e. The summed E-state index contributed by atoms with van der Waals surface area (Å²) in [5.74, 6) is -0.0975. The summed E-state index contributed by atoms with van der Waals surface area (Å²) in [5, 5.41) is 3.33. The van der Waals surface area contributed by atoms with E-state index in [-0.39, 0.29) is 17.4 Å². The normalized spacial score (nSPS) is 25.2. The highest BCUT2D eigenvalue weighted by molar-refractivity contribution is 5.76. The molecule has 1 N–H and O–H groups in total. The zero-order valence-corrected chi connectivity index (χ0v) is 11.3.